The summed E-state index contributed by atoms with van der Waals surface area (Å²) in [5.74, 6) is 1.01. The van der Waals surface area contributed by atoms with Gasteiger partial charge in [-0.25, -0.2) is 9.78 Å². The van der Waals surface area contributed by atoms with Crippen LogP contribution in [0.3, 0.4) is 0 Å². The Hall–Kier alpha value is -2.38. The fourth-order valence-electron chi connectivity index (χ4n) is 2.91. The zero-order chi connectivity index (χ0) is 17.8. The lowest BCUT2D eigenvalue weighted by Crippen LogP contribution is -2.15. The molecule has 1 aliphatic heterocycles. The topological polar surface area (TPSA) is 71.8 Å². The normalized spacial score (nSPS) is 16.8. The summed E-state index contributed by atoms with van der Waals surface area (Å²) in [7, 11) is 2.94. The second kappa shape index (κ2) is 7.67. The molecule has 0 saturated carbocycles. The fraction of sp³-hybridized carbons (Fsp3) is 0.444. The molecular weight excluding hydrogens is 324 g/mol. The number of hydrogen-bond acceptors (Lipinski definition) is 6. The van der Waals surface area contributed by atoms with Crippen molar-refractivity contribution in [1.29, 1.82) is 0 Å². The number of ether oxygens (including phenoxy) is 4. The van der Waals surface area contributed by atoms with E-state index in [4.69, 9.17) is 18.9 Å². The van der Waals surface area contributed by atoms with E-state index in [0.29, 0.717) is 31.0 Å². The lowest BCUT2D eigenvalue weighted by molar-refractivity contribution is 0.0511. The molecule has 7 heteroatoms. The molecule has 1 aromatic carbocycles. The average Bonchev–Trinajstić information content (AvgIpc) is 2.86. The van der Waals surface area contributed by atoms with Crippen molar-refractivity contribution in [3.63, 3.8) is 0 Å². The van der Waals surface area contributed by atoms with E-state index < -0.39 is 5.97 Å². The lowest BCUT2D eigenvalue weighted by Gasteiger charge is -2.13. The van der Waals surface area contributed by atoms with Gasteiger partial charge < -0.3 is 23.5 Å². The van der Waals surface area contributed by atoms with Crippen molar-refractivity contribution in [3.05, 3.63) is 35.7 Å². The molecule has 25 heavy (non-hydrogen) atoms. The predicted octanol–water partition coefficient (Wildman–Crippen LogP) is 2.28. The number of carbonyl (C=O) groups is 1. The van der Waals surface area contributed by atoms with Gasteiger partial charge in [-0.3, -0.25) is 0 Å². The first-order valence-corrected chi connectivity index (χ1v) is 8.15. The largest absolute Gasteiger partial charge is 0.468 e. The summed E-state index contributed by atoms with van der Waals surface area (Å²) >= 11 is 0. The highest BCUT2D eigenvalue weighted by molar-refractivity contribution is 5.89. The minimum absolute atomic E-state index is 0.0454. The van der Waals surface area contributed by atoms with Gasteiger partial charge in [0, 0.05) is 19.1 Å². The first-order valence-electron chi connectivity index (χ1n) is 8.15. The van der Waals surface area contributed by atoms with Gasteiger partial charge in [0.2, 0.25) is 0 Å². The van der Waals surface area contributed by atoms with E-state index in [0.717, 1.165) is 17.1 Å². The molecule has 7 nitrogen and oxygen atoms in total. The summed E-state index contributed by atoms with van der Waals surface area (Å²) in [6, 6.07) is 7.53. The van der Waals surface area contributed by atoms with E-state index in [2.05, 4.69) is 9.55 Å². The minimum atomic E-state index is -0.426. The first kappa shape index (κ1) is 17.4. The zero-order valence-electron chi connectivity index (χ0n) is 14.7. The number of aromatic nitrogens is 2. The molecule has 1 aliphatic rings. The van der Waals surface area contributed by atoms with Crippen LogP contribution in [0.1, 0.15) is 23.1 Å². The quantitative estimate of drug-likeness (QED) is 0.611. The monoisotopic (exact) mass is 346 g/mol. The third-order valence-electron chi connectivity index (χ3n) is 4.09. The Labute approximate surface area is 146 Å². The number of esters is 1. The van der Waals surface area contributed by atoms with Crippen molar-refractivity contribution in [2.24, 2.45) is 0 Å². The van der Waals surface area contributed by atoms with Gasteiger partial charge in [-0.1, -0.05) is 0 Å². The molecule has 0 saturated heterocycles. The van der Waals surface area contributed by atoms with Crippen molar-refractivity contribution in [1.82, 2.24) is 9.55 Å². The van der Waals surface area contributed by atoms with Crippen molar-refractivity contribution in [2.75, 3.05) is 27.6 Å². The Kier molecular flexibility index (Phi) is 5.35. The number of imidazole rings is 1. The maximum absolute atomic E-state index is 12.1. The maximum Gasteiger partial charge on any atom is 0.358 e. The van der Waals surface area contributed by atoms with Gasteiger partial charge in [-0.15, -0.1) is 0 Å². The molecule has 2 heterocycles. The average molecular weight is 346 g/mol. The van der Waals surface area contributed by atoms with Crippen LogP contribution >= 0.6 is 0 Å². The van der Waals surface area contributed by atoms with Gasteiger partial charge in [0.25, 0.3) is 0 Å². The van der Waals surface area contributed by atoms with E-state index >= 15 is 0 Å². The lowest BCUT2D eigenvalue weighted by atomic mass is 10.2. The molecule has 1 aromatic heterocycles. The molecule has 1 atom stereocenters. The van der Waals surface area contributed by atoms with Gasteiger partial charge in [0.05, 0.1) is 32.1 Å². The molecule has 134 valence electrons. The van der Waals surface area contributed by atoms with E-state index in [1.807, 2.05) is 31.2 Å². The van der Waals surface area contributed by atoms with E-state index in [1.165, 1.54) is 7.11 Å². The van der Waals surface area contributed by atoms with Crippen LogP contribution in [0.4, 0.5) is 0 Å². The molecule has 0 N–H and O–H groups in total. The summed E-state index contributed by atoms with van der Waals surface area (Å²) in [4.78, 5) is 16.7. The summed E-state index contributed by atoms with van der Waals surface area (Å²) < 4.78 is 23.0. The number of rotatable bonds is 5. The van der Waals surface area contributed by atoms with Crippen LogP contribution in [0.2, 0.25) is 0 Å². The van der Waals surface area contributed by atoms with Gasteiger partial charge in [-0.2, -0.15) is 0 Å². The second-order valence-corrected chi connectivity index (χ2v) is 5.84. The molecule has 0 bridgehead atoms. The van der Waals surface area contributed by atoms with Crippen molar-refractivity contribution in [3.8, 4) is 17.1 Å². The van der Waals surface area contributed by atoms with Crippen LogP contribution in [0.5, 0.6) is 5.75 Å². The van der Waals surface area contributed by atoms with Gasteiger partial charge >= 0.3 is 5.97 Å². The van der Waals surface area contributed by atoms with E-state index in [-0.39, 0.29) is 12.9 Å². The maximum atomic E-state index is 12.1. The van der Waals surface area contributed by atoms with E-state index in [9.17, 15) is 4.79 Å². The third kappa shape index (κ3) is 3.67. The third-order valence-corrected chi connectivity index (χ3v) is 4.09. The standard InChI is InChI=1S/C18H22N2O5/c1-12-10-20-15(8-9-24-12)16(18(21)23-3)19-17(20)13-4-6-14(7-5-13)25-11-22-2/h4-7,12H,8-11H2,1-3H3. The first-order chi connectivity index (χ1) is 12.1. The van der Waals surface area contributed by atoms with Crippen LogP contribution < -0.4 is 4.74 Å². The number of carbonyl (C=O) groups excluding carboxylic acids is 1. The Morgan fingerprint density at radius 1 is 1.32 bits per heavy atom. The zero-order valence-corrected chi connectivity index (χ0v) is 14.7. The van der Waals surface area contributed by atoms with Crippen LogP contribution in [-0.4, -0.2) is 49.2 Å². The highest BCUT2D eigenvalue weighted by Crippen LogP contribution is 2.27. The molecule has 0 radical (unpaired) electrons. The smallest absolute Gasteiger partial charge is 0.358 e. The van der Waals surface area contributed by atoms with Crippen LogP contribution in [0.15, 0.2) is 24.3 Å². The summed E-state index contributed by atoms with van der Waals surface area (Å²) in [6.45, 7) is 3.40. The number of nitrogens with zero attached hydrogens (tertiary/aromatic N) is 2. The summed E-state index contributed by atoms with van der Waals surface area (Å²) in [5, 5.41) is 0. The Balaban J connectivity index is 2.00. The fourth-order valence-corrected chi connectivity index (χ4v) is 2.91. The number of methoxy groups -OCH3 is 2. The minimum Gasteiger partial charge on any atom is -0.468 e. The molecule has 0 fully saturated rings. The highest BCUT2D eigenvalue weighted by atomic mass is 16.7. The Bertz CT molecular complexity index is 739. The second-order valence-electron chi connectivity index (χ2n) is 5.84. The molecule has 0 aliphatic carbocycles. The highest BCUT2D eigenvalue weighted by Gasteiger charge is 2.26. The number of fused-ring (bicyclic) bond motifs is 1. The molecule has 0 spiro atoms. The van der Waals surface area contributed by atoms with Gasteiger partial charge in [-0.05, 0) is 31.2 Å². The van der Waals surface area contributed by atoms with Gasteiger partial charge in [0.1, 0.15) is 11.6 Å². The molecule has 1 unspecified atom stereocenters. The van der Waals surface area contributed by atoms with Crippen molar-refractivity contribution in [2.45, 2.75) is 26.0 Å². The van der Waals surface area contributed by atoms with Crippen molar-refractivity contribution < 1.29 is 23.7 Å². The molecular formula is C18H22N2O5. The van der Waals surface area contributed by atoms with Crippen LogP contribution in [0.25, 0.3) is 11.4 Å². The summed E-state index contributed by atoms with van der Waals surface area (Å²) in [5.41, 5.74) is 2.11. The van der Waals surface area contributed by atoms with Crippen molar-refractivity contribution >= 4 is 5.97 Å². The van der Waals surface area contributed by atoms with Crippen LogP contribution in [-0.2, 0) is 27.2 Å². The van der Waals surface area contributed by atoms with E-state index in [1.54, 1.807) is 7.11 Å². The summed E-state index contributed by atoms with van der Waals surface area (Å²) in [6.07, 6.45) is 0.667. The van der Waals surface area contributed by atoms with Gasteiger partial charge in [0.15, 0.2) is 12.5 Å². The predicted molar refractivity (Wildman–Crippen MR) is 90.6 cm³/mol. The SMILES string of the molecule is COCOc1ccc(-c2nc(C(=O)OC)c3n2CC(C)OCC3)cc1. The molecule has 3 rings (SSSR count). The number of benzene rings is 1. The molecule has 0 amide bonds. The van der Waals surface area contributed by atoms with Crippen LogP contribution in [0, 0.1) is 0 Å². The number of hydrogen-bond donors (Lipinski definition) is 0. The molecule has 2 aromatic rings. The Morgan fingerprint density at radius 2 is 2.08 bits per heavy atom. The Morgan fingerprint density at radius 3 is 2.76 bits per heavy atom.